The Morgan fingerprint density at radius 3 is 1.06 bits per heavy atom. The molecule has 65 heavy (non-hydrogen) atoms. The van der Waals surface area contributed by atoms with Gasteiger partial charge in [-0.1, -0.05) is 137 Å². The molecular weight excluding hydrogens is 805 g/mol. The van der Waals surface area contributed by atoms with Crippen LogP contribution in [0.3, 0.4) is 0 Å². The summed E-state index contributed by atoms with van der Waals surface area (Å²) in [5.74, 6) is 1.25. The summed E-state index contributed by atoms with van der Waals surface area (Å²) >= 11 is 0. The second-order valence-electron chi connectivity index (χ2n) is 20.7. The summed E-state index contributed by atoms with van der Waals surface area (Å²) in [7, 11) is 0. The third kappa shape index (κ3) is 9.32. The first-order valence-electron chi connectivity index (χ1n) is 23.4. The van der Waals surface area contributed by atoms with E-state index < -0.39 is 16.2 Å². The van der Waals surface area contributed by atoms with E-state index >= 15 is 0 Å². The van der Waals surface area contributed by atoms with Gasteiger partial charge in [-0.3, -0.25) is 0 Å². The summed E-state index contributed by atoms with van der Waals surface area (Å²) in [6.07, 6.45) is 1.13. The molecule has 6 N–H and O–H groups in total. The highest BCUT2D eigenvalue weighted by Gasteiger charge is 2.48. The SMILES string of the molecule is Cc1cc(C(C)(c2ccc(O)c(C)c2)C(CC(C)(c2ccc(O)c(C(C)C)c2)c2ccc(O)c(C(C)C)c2)CC(C)(c2ccc(O)cc2C(C)C)c2ccc(O)cc2C(C)C)ccc1O. The Bertz CT molecular complexity index is 2500. The zero-order valence-electron chi connectivity index (χ0n) is 40.9. The quantitative estimate of drug-likeness (QED) is 0.0611. The normalized spacial score (nSPS) is 13.1. The topological polar surface area (TPSA) is 121 Å². The van der Waals surface area contributed by atoms with Gasteiger partial charge >= 0.3 is 0 Å². The van der Waals surface area contributed by atoms with Crippen molar-refractivity contribution >= 4 is 0 Å². The number of aryl methyl sites for hydroxylation is 2. The maximum Gasteiger partial charge on any atom is 0.119 e. The number of phenols is 6. The molecule has 0 aromatic heterocycles. The molecule has 344 valence electrons. The molecule has 6 aromatic rings. The van der Waals surface area contributed by atoms with Crippen LogP contribution in [-0.4, -0.2) is 30.6 Å². The van der Waals surface area contributed by atoms with Crippen LogP contribution in [0.15, 0.2) is 109 Å². The van der Waals surface area contributed by atoms with E-state index in [1.165, 1.54) is 0 Å². The lowest BCUT2D eigenvalue weighted by Crippen LogP contribution is -2.43. The Balaban J connectivity index is 1.81. The molecule has 0 saturated carbocycles. The zero-order chi connectivity index (χ0) is 47.9. The Labute approximate surface area is 388 Å². The fourth-order valence-electron chi connectivity index (χ4n) is 10.6. The fourth-order valence-corrected chi connectivity index (χ4v) is 10.6. The maximum absolute atomic E-state index is 11.3. The molecule has 0 heterocycles. The highest BCUT2D eigenvalue weighted by Crippen LogP contribution is 2.56. The highest BCUT2D eigenvalue weighted by molar-refractivity contribution is 5.55. The van der Waals surface area contributed by atoms with E-state index in [-0.39, 0.29) is 64.1 Å². The first-order valence-corrected chi connectivity index (χ1v) is 23.4. The minimum Gasteiger partial charge on any atom is -0.508 e. The lowest BCUT2D eigenvalue weighted by atomic mass is 9.54. The second kappa shape index (κ2) is 18.5. The first-order chi connectivity index (χ1) is 30.4. The standard InChI is InChI=1S/C59H72O6/c1-34(2)47-30-45(60)18-20-51(47)58(12,52-21-19-46(61)31-48(52)35(3)4)33-44(59(13,42-16-22-53(62)38(9)26-42)43-17-23-54(63)39(10)27-43)32-57(11,40-14-24-55(64)49(28-40)36(5)6)41-15-25-56(65)50(29-41)37(7)8/h14-31,34-37,44,60-65H,32-33H2,1-13H3. The number of phenolic OH excluding ortho intramolecular Hbond substituents is 6. The van der Waals surface area contributed by atoms with Crippen LogP contribution in [0.4, 0.5) is 0 Å². The number of benzene rings is 6. The van der Waals surface area contributed by atoms with Gasteiger partial charge in [0, 0.05) is 16.2 Å². The predicted octanol–water partition coefficient (Wildman–Crippen LogP) is 14.7. The lowest BCUT2D eigenvalue weighted by Gasteiger charge is -2.49. The summed E-state index contributed by atoms with van der Waals surface area (Å²) in [6.45, 7) is 27.7. The van der Waals surface area contributed by atoms with Crippen molar-refractivity contribution in [1.82, 2.24) is 0 Å². The molecule has 0 radical (unpaired) electrons. The van der Waals surface area contributed by atoms with Crippen molar-refractivity contribution in [3.05, 3.63) is 176 Å². The molecule has 0 spiro atoms. The van der Waals surface area contributed by atoms with Crippen LogP contribution in [0, 0.1) is 19.8 Å². The maximum atomic E-state index is 11.3. The average molecular weight is 877 g/mol. The van der Waals surface area contributed by atoms with Crippen LogP contribution in [-0.2, 0) is 16.2 Å². The van der Waals surface area contributed by atoms with Crippen LogP contribution < -0.4 is 0 Å². The van der Waals surface area contributed by atoms with Crippen molar-refractivity contribution in [2.45, 2.75) is 143 Å². The number of hydrogen-bond donors (Lipinski definition) is 6. The van der Waals surface area contributed by atoms with Crippen molar-refractivity contribution in [3.63, 3.8) is 0 Å². The summed E-state index contributed by atoms with van der Waals surface area (Å²) in [4.78, 5) is 0. The van der Waals surface area contributed by atoms with E-state index in [4.69, 9.17) is 0 Å². The monoisotopic (exact) mass is 877 g/mol. The van der Waals surface area contributed by atoms with E-state index in [9.17, 15) is 30.6 Å². The molecule has 1 atom stereocenters. The molecule has 0 amide bonds. The predicted molar refractivity (Wildman–Crippen MR) is 267 cm³/mol. The number of aromatic hydroxyl groups is 6. The molecule has 0 aliphatic carbocycles. The molecule has 6 heteroatoms. The Morgan fingerprint density at radius 2 is 0.708 bits per heavy atom. The Morgan fingerprint density at radius 1 is 0.369 bits per heavy atom. The van der Waals surface area contributed by atoms with Crippen molar-refractivity contribution < 1.29 is 30.6 Å². The van der Waals surface area contributed by atoms with E-state index in [1.54, 1.807) is 24.3 Å². The van der Waals surface area contributed by atoms with Gasteiger partial charge in [-0.2, -0.15) is 0 Å². The minimum atomic E-state index is -0.793. The van der Waals surface area contributed by atoms with Gasteiger partial charge in [-0.25, -0.2) is 0 Å². The first kappa shape index (κ1) is 48.6. The Kier molecular flexibility index (Phi) is 13.9. The average Bonchev–Trinajstić information content (AvgIpc) is 3.24. The van der Waals surface area contributed by atoms with Gasteiger partial charge in [0.2, 0.25) is 0 Å². The second-order valence-corrected chi connectivity index (χ2v) is 20.7. The number of rotatable bonds is 15. The summed E-state index contributed by atoms with van der Waals surface area (Å²) < 4.78 is 0. The van der Waals surface area contributed by atoms with Gasteiger partial charge in [-0.05, 0) is 172 Å². The van der Waals surface area contributed by atoms with Crippen molar-refractivity contribution in [3.8, 4) is 34.5 Å². The molecular formula is C59H72O6. The fraction of sp³-hybridized carbons (Fsp3) is 0.390. The third-order valence-electron chi connectivity index (χ3n) is 14.8. The van der Waals surface area contributed by atoms with Crippen molar-refractivity contribution in [2.75, 3.05) is 0 Å². The minimum absolute atomic E-state index is 0.0439. The summed E-state index contributed by atoms with van der Waals surface area (Å²) in [6, 6.07) is 35.3. The largest absolute Gasteiger partial charge is 0.508 e. The molecule has 6 nitrogen and oxygen atoms in total. The molecule has 6 aromatic carbocycles. The molecule has 6 rings (SSSR count). The van der Waals surface area contributed by atoms with Gasteiger partial charge in [0.05, 0.1) is 0 Å². The van der Waals surface area contributed by atoms with Crippen molar-refractivity contribution in [2.24, 2.45) is 5.92 Å². The zero-order valence-corrected chi connectivity index (χ0v) is 40.9. The van der Waals surface area contributed by atoms with Gasteiger partial charge in [-0.15, -0.1) is 0 Å². The van der Waals surface area contributed by atoms with E-state index in [2.05, 4.69) is 113 Å². The van der Waals surface area contributed by atoms with Crippen LogP contribution >= 0.6 is 0 Å². The van der Waals surface area contributed by atoms with Gasteiger partial charge < -0.3 is 30.6 Å². The molecule has 0 aliphatic heterocycles. The highest BCUT2D eigenvalue weighted by atomic mass is 16.3. The van der Waals surface area contributed by atoms with Crippen LogP contribution in [0.2, 0.25) is 0 Å². The molecule has 1 unspecified atom stereocenters. The molecule has 0 bridgehead atoms. The van der Waals surface area contributed by atoms with Crippen LogP contribution in [0.1, 0.15) is 179 Å². The lowest BCUT2D eigenvalue weighted by molar-refractivity contribution is 0.223. The van der Waals surface area contributed by atoms with E-state index in [0.29, 0.717) is 12.8 Å². The van der Waals surface area contributed by atoms with Crippen molar-refractivity contribution in [1.29, 1.82) is 0 Å². The van der Waals surface area contributed by atoms with Crippen LogP contribution in [0.25, 0.3) is 0 Å². The summed E-state index contributed by atoms with van der Waals surface area (Å²) in [5, 5.41) is 66.8. The molecule has 0 saturated heterocycles. The summed E-state index contributed by atoms with van der Waals surface area (Å²) in [5.41, 5.74) is 9.19. The Hall–Kier alpha value is -5.88. The molecule has 0 aliphatic rings. The van der Waals surface area contributed by atoms with Crippen LogP contribution in [0.5, 0.6) is 34.5 Å². The van der Waals surface area contributed by atoms with Gasteiger partial charge in [0.15, 0.2) is 0 Å². The van der Waals surface area contributed by atoms with Gasteiger partial charge in [0.25, 0.3) is 0 Å². The van der Waals surface area contributed by atoms with E-state index in [0.717, 1.165) is 66.8 Å². The third-order valence-corrected chi connectivity index (χ3v) is 14.8. The van der Waals surface area contributed by atoms with Gasteiger partial charge in [0.1, 0.15) is 34.5 Å². The number of hydrogen-bond acceptors (Lipinski definition) is 6. The van der Waals surface area contributed by atoms with E-state index in [1.807, 2.05) is 62.4 Å². The molecule has 0 fully saturated rings. The smallest absolute Gasteiger partial charge is 0.119 e.